The Balaban J connectivity index is 1.16. The van der Waals surface area contributed by atoms with E-state index in [1.165, 1.54) is 0 Å². The Morgan fingerprint density at radius 1 is 0.618 bits per heavy atom. The molecule has 55 heavy (non-hydrogen) atoms. The molecule has 0 aromatic heterocycles. The number of hydrogen-bond donors (Lipinski definition) is 2. The maximum atomic E-state index is 11.3. The highest BCUT2D eigenvalue weighted by atomic mass is 16.8. The van der Waals surface area contributed by atoms with Crippen molar-refractivity contribution in [2.45, 2.75) is 88.7 Å². The Bertz CT molecular complexity index is 1910. The topological polar surface area (TPSA) is 114 Å². The third-order valence-electron chi connectivity index (χ3n) is 9.82. The summed E-state index contributed by atoms with van der Waals surface area (Å²) in [5, 5.41) is 24.9. The van der Waals surface area contributed by atoms with Crippen molar-refractivity contribution in [2.24, 2.45) is 0 Å². The Morgan fingerprint density at radius 2 is 1.16 bits per heavy atom. The van der Waals surface area contributed by atoms with Crippen molar-refractivity contribution >= 4 is 10.8 Å². The summed E-state index contributed by atoms with van der Waals surface area (Å²) in [5.41, 5.74) is 3.92. The van der Waals surface area contributed by atoms with E-state index in [2.05, 4.69) is 30.3 Å². The predicted octanol–water partition coefficient (Wildman–Crippen LogP) is 6.69. The number of benzene rings is 5. The fraction of sp³-hybridized carbons (Fsp3) is 0.378. The molecule has 2 heterocycles. The van der Waals surface area contributed by atoms with E-state index in [0.717, 1.165) is 33.0 Å². The summed E-state index contributed by atoms with van der Waals surface area (Å²) in [5.74, 6) is -3.48. The Labute approximate surface area is 322 Å². The smallest absolute Gasteiger partial charge is 0.245 e. The van der Waals surface area contributed by atoms with Gasteiger partial charge in [0.1, 0.15) is 30.5 Å². The molecule has 2 N–H and O–H groups in total. The Kier molecular flexibility index (Phi) is 13.0. The summed E-state index contributed by atoms with van der Waals surface area (Å²) in [6.45, 7) is 4.69. The van der Waals surface area contributed by atoms with Crippen LogP contribution in [0.5, 0.6) is 0 Å². The quantitative estimate of drug-likeness (QED) is 0.0940. The molecule has 0 aliphatic carbocycles. The lowest BCUT2D eigenvalue weighted by molar-refractivity contribution is -0.346. The minimum absolute atomic E-state index is 0.112. The van der Waals surface area contributed by atoms with Gasteiger partial charge in [0.2, 0.25) is 12.1 Å². The van der Waals surface area contributed by atoms with E-state index < -0.39 is 48.4 Å². The molecule has 2 saturated heterocycles. The van der Waals surface area contributed by atoms with Gasteiger partial charge in [-0.25, -0.2) is 0 Å². The zero-order chi connectivity index (χ0) is 38.1. The van der Waals surface area contributed by atoms with Gasteiger partial charge in [0.05, 0.1) is 46.2 Å². The van der Waals surface area contributed by atoms with Crippen molar-refractivity contribution in [3.05, 3.63) is 156 Å². The van der Waals surface area contributed by atoms with Crippen molar-refractivity contribution in [1.82, 2.24) is 0 Å². The number of aliphatic hydroxyl groups is 2. The molecule has 0 spiro atoms. The first-order valence-corrected chi connectivity index (χ1v) is 18.8. The van der Waals surface area contributed by atoms with Gasteiger partial charge in [-0.15, -0.1) is 0 Å². The number of ether oxygens (including phenoxy) is 8. The normalized spacial score (nSPS) is 21.9. The van der Waals surface area contributed by atoms with Gasteiger partial charge < -0.3 is 48.1 Å². The van der Waals surface area contributed by atoms with Gasteiger partial charge in [0, 0.05) is 0 Å². The molecule has 2 aliphatic rings. The van der Waals surface area contributed by atoms with E-state index in [9.17, 15) is 10.2 Å². The van der Waals surface area contributed by atoms with Gasteiger partial charge in [-0.2, -0.15) is 0 Å². The van der Waals surface area contributed by atoms with Crippen LogP contribution in [0, 0.1) is 0 Å². The van der Waals surface area contributed by atoms with Crippen LogP contribution in [-0.4, -0.2) is 78.4 Å². The van der Waals surface area contributed by atoms with Crippen LogP contribution in [0.1, 0.15) is 36.1 Å². The van der Waals surface area contributed by atoms with Crippen LogP contribution in [-0.2, 0) is 64.3 Å². The monoisotopic (exact) mass is 750 g/mol. The summed E-state index contributed by atoms with van der Waals surface area (Å²) in [7, 11) is 0. The van der Waals surface area contributed by atoms with Crippen molar-refractivity contribution in [3.8, 4) is 0 Å². The minimum atomic E-state index is -2.46. The molecule has 2 aliphatic heterocycles. The first-order chi connectivity index (χ1) is 26.7. The van der Waals surface area contributed by atoms with Crippen molar-refractivity contribution in [1.29, 1.82) is 0 Å². The second-order valence-corrected chi connectivity index (χ2v) is 14.5. The molecule has 5 aromatic carbocycles. The van der Waals surface area contributed by atoms with Crippen LogP contribution in [0.3, 0.4) is 0 Å². The fourth-order valence-corrected chi connectivity index (χ4v) is 6.87. The largest absolute Gasteiger partial charge is 0.374 e. The molecule has 7 rings (SSSR count). The highest BCUT2D eigenvalue weighted by Crippen LogP contribution is 2.39. The number of rotatable bonds is 18. The lowest BCUT2D eigenvalue weighted by Gasteiger charge is -2.39. The number of fused-ring (bicyclic) bond motifs is 2. The lowest BCUT2D eigenvalue weighted by atomic mass is 10.1. The van der Waals surface area contributed by atoms with Crippen LogP contribution in [0.2, 0.25) is 0 Å². The summed E-state index contributed by atoms with van der Waals surface area (Å²) in [4.78, 5) is 0. The molecule has 0 saturated carbocycles. The maximum absolute atomic E-state index is 11.3. The zero-order valence-corrected chi connectivity index (χ0v) is 31.3. The average Bonchev–Trinajstić information content (AvgIpc) is 3.45. The second kappa shape index (κ2) is 18.3. The molecule has 290 valence electrons. The first kappa shape index (κ1) is 39.2. The van der Waals surface area contributed by atoms with E-state index in [1.54, 1.807) is 13.8 Å². The van der Waals surface area contributed by atoms with Crippen LogP contribution >= 0.6 is 0 Å². The van der Waals surface area contributed by atoms with E-state index >= 15 is 0 Å². The first-order valence-electron chi connectivity index (χ1n) is 18.8. The lowest BCUT2D eigenvalue weighted by Crippen LogP contribution is -2.57. The van der Waals surface area contributed by atoms with Gasteiger partial charge in [0.15, 0.2) is 5.79 Å². The molecule has 10 nitrogen and oxygen atoms in total. The molecule has 10 heteroatoms. The second-order valence-electron chi connectivity index (χ2n) is 14.5. The molecule has 0 amide bonds. The zero-order valence-electron chi connectivity index (χ0n) is 31.3. The average molecular weight is 751 g/mol. The third kappa shape index (κ3) is 10.4. The molecule has 0 radical (unpaired) electrons. The van der Waals surface area contributed by atoms with E-state index in [0.29, 0.717) is 13.2 Å². The summed E-state index contributed by atoms with van der Waals surface area (Å²) in [6.07, 6.45) is -5.47. The van der Waals surface area contributed by atoms with E-state index in [1.807, 2.05) is 103 Å². The molecule has 6 atom stereocenters. The highest BCUT2D eigenvalue weighted by Gasteiger charge is 2.60. The predicted molar refractivity (Wildman–Crippen MR) is 205 cm³/mol. The Hall–Kier alpha value is -4.04. The van der Waals surface area contributed by atoms with Crippen molar-refractivity contribution in [2.75, 3.05) is 19.8 Å². The van der Waals surface area contributed by atoms with Crippen molar-refractivity contribution < 1.29 is 48.1 Å². The Morgan fingerprint density at radius 3 is 1.78 bits per heavy atom. The van der Waals surface area contributed by atoms with Gasteiger partial charge in [-0.05, 0) is 52.9 Å². The van der Waals surface area contributed by atoms with Gasteiger partial charge in [-0.3, -0.25) is 0 Å². The van der Waals surface area contributed by atoms with Crippen molar-refractivity contribution in [3.63, 3.8) is 0 Å². The SMILES string of the molecule is CC1(C)OC[C@H]2O[C@@H](OCC(OCc3ccccc3)C(OCc3ccccc3)C(COCc3ccc4ccccc4c3)OCc3ccccc3)C(O)(O)[C@H]2O1. The van der Waals surface area contributed by atoms with Gasteiger partial charge in [0.25, 0.3) is 0 Å². The van der Waals surface area contributed by atoms with Gasteiger partial charge in [-0.1, -0.05) is 127 Å². The molecular weight excluding hydrogens is 700 g/mol. The molecule has 3 unspecified atom stereocenters. The number of hydrogen-bond acceptors (Lipinski definition) is 10. The maximum Gasteiger partial charge on any atom is 0.245 e. The van der Waals surface area contributed by atoms with Gasteiger partial charge >= 0.3 is 0 Å². The molecule has 5 aromatic rings. The molecule has 0 bridgehead atoms. The summed E-state index contributed by atoms with van der Waals surface area (Å²) in [6, 6.07) is 44.1. The highest BCUT2D eigenvalue weighted by molar-refractivity contribution is 5.82. The van der Waals surface area contributed by atoms with Crippen LogP contribution in [0.25, 0.3) is 10.8 Å². The standard InChI is InChI=1S/C45H50O10/c1-44(2)53-31-40-42(55-44)45(46,47)43(54-40)52-30-39(50-27-33-16-8-4-9-17-33)41(51-28-34-18-10-5-11-19-34)38(49-26-32-14-6-3-7-15-32)29-48-25-35-22-23-36-20-12-13-21-37(36)24-35/h3-24,38-43,46-47H,25-31H2,1-2H3/t38?,39?,40-,41?,42+,43-/m1/s1. The van der Waals surface area contributed by atoms with E-state index in [4.69, 9.17) is 37.9 Å². The fourth-order valence-electron chi connectivity index (χ4n) is 6.87. The third-order valence-corrected chi connectivity index (χ3v) is 9.82. The summed E-state index contributed by atoms with van der Waals surface area (Å²) >= 11 is 0. The van der Waals surface area contributed by atoms with Crippen LogP contribution in [0.4, 0.5) is 0 Å². The molecular formula is C45H50O10. The van der Waals surface area contributed by atoms with Crippen LogP contribution in [0.15, 0.2) is 133 Å². The molecule has 2 fully saturated rings. The van der Waals surface area contributed by atoms with E-state index in [-0.39, 0.29) is 33.0 Å². The minimum Gasteiger partial charge on any atom is -0.374 e. The van der Waals surface area contributed by atoms with Crippen LogP contribution < -0.4 is 0 Å². The summed E-state index contributed by atoms with van der Waals surface area (Å²) < 4.78 is 50.3.